The van der Waals surface area contributed by atoms with Gasteiger partial charge >= 0.3 is 0 Å². The lowest BCUT2D eigenvalue weighted by Gasteiger charge is -2.05. The number of non-ortho nitro benzene ring substituents is 1. The molecule has 0 atom stereocenters. The average molecular weight is 457 g/mol. The van der Waals surface area contributed by atoms with E-state index in [2.05, 4.69) is 20.5 Å². The number of nitrogen functional groups attached to an aromatic ring is 2. The van der Waals surface area contributed by atoms with Gasteiger partial charge in [0.05, 0.1) is 26.9 Å². The first kappa shape index (κ1) is 22.3. The number of hydrogen-bond acceptors (Lipinski definition) is 11. The molecule has 0 radical (unpaired) electrons. The highest BCUT2D eigenvalue weighted by Crippen LogP contribution is 2.37. The van der Waals surface area contributed by atoms with Crippen molar-refractivity contribution in [3.8, 4) is 5.75 Å². The third kappa shape index (κ3) is 5.18. The highest BCUT2D eigenvalue weighted by Gasteiger charge is 2.11. The van der Waals surface area contributed by atoms with Crippen molar-refractivity contribution in [2.45, 2.75) is 4.90 Å². The Morgan fingerprint density at radius 3 is 1.94 bits per heavy atom. The summed E-state index contributed by atoms with van der Waals surface area (Å²) in [5.74, 6) is -0.318. The molecule has 0 aliphatic carbocycles. The van der Waals surface area contributed by atoms with Gasteiger partial charge in [0.25, 0.3) is 15.8 Å². The molecule has 13 nitrogen and oxygen atoms in total. The third-order valence-electron chi connectivity index (χ3n) is 4.02. The SMILES string of the molecule is Nc1cc(N)c(N=Nc2cc([N+](=O)[O-])ccc2O)cc1N=Nc1ccc(S(=O)(=O)O)cc1. The number of nitro benzene ring substituents is 1. The molecule has 164 valence electrons. The molecule has 0 saturated carbocycles. The van der Waals surface area contributed by atoms with E-state index in [4.69, 9.17) is 16.0 Å². The van der Waals surface area contributed by atoms with Crippen LogP contribution in [0.25, 0.3) is 0 Å². The Kier molecular flexibility index (Phi) is 6.08. The maximum absolute atomic E-state index is 11.1. The monoisotopic (exact) mass is 457 g/mol. The normalized spacial score (nSPS) is 11.9. The summed E-state index contributed by atoms with van der Waals surface area (Å²) in [6.07, 6.45) is 0. The molecule has 6 N–H and O–H groups in total. The number of anilines is 2. The molecule has 0 fully saturated rings. The number of hydrogen-bond donors (Lipinski definition) is 4. The predicted octanol–water partition coefficient (Wildman–Crippen LogP) is 4.54. The summed E-state index contributed by atoms with van der Waals surface area (Å²) in [5, 5.41) is 36.3. The molecule has 0 aliphatic heterocycles. The van der Waals surface area contributed by atoms with Crippen LogP contribution in [0.5, 0.6) is 5.75 Å². The lowest BCUT2D eigenvalue weighted by atomic mass is 10.2. The number of rotatable bonds is 6. The Morgan fingerprint density at radius 1 is 0.812 bits per heavy atom. The minimum absolute atomic E-state index is 0.112. The standard InChI is InChI=1S/C18H15N7O6S/c19-13-8-14(20)16(23-24-17-7-11(25(27)28)3-6-18(17)26)9-15(13)22-21-10-1-4-12(5-2-10)32(29,30)31/h1-9,26H,19-20H2,(H,29,30,31). The van der Waals surface area contributed by atoms with Crippen molar-refractivity contribution in [3.63, 3.8) is 0 Å². The van der Waals surface area contributed by atoms with Gasteiger partial charge in [-0.05, 0) is 42.5 Å². The van der Waals surface area contributed by atoms with Crippen molar-refractivity contribution in [1.29, 1.82) is 0 Å². The summed E-state index contributed by atoms with van der Waals surface area (Å²) < 4.78 is 31.2. The quantitative estimate of drug-likeness (QED) is 0.135. The molecular formula is C18H15N7O6S. The number of nitro groups is 1. The summed E-state index contributed by atoms with van der Waals surface area (Å²) >= 11 is 0. The van der Waals surface area contributed by atoms with Crippen LogP contribution in [0.15, 0.2) is 79.9 Å². The van der Waals surface area contributed by atoms with E-state index in [0.29, 0.717) is 0 Å². The van der Waals surface area contributed by atoms with Crippen LogP contribution in [-0.4, -0.2) is 23.0 Å². The first-order valence-electron chi connectivity index (χ1n) is 8.62. The molecule has 32 heavy (non-hydrogen) atoms. The van der Waals surface area contributed by atoms with Crippen LogP contribution in [0.2, 0.25) is 0 Å². The lowest BCUT2D eigenvalue weighted by molar-refractivity contribution is -0.384. The summed E-state index contributed by atoms with van der Waals surface area (Å²) in [7, 11) is -4.33. The van der Waals surface area contributed by atoms with Crippen LogP contribution in [0.1, 0.15) is 0 Å². The molecule has 0 aromatic heterocycles. The van der Waals surface area contributed by atoms with Crippen molar-refractivity contribution < 1.29 is 23.0 Å². The van der Waals surface area contributed by atoms with Crippen LogP contribution in [0, 0.1) is 10.1 Å². The van der Waals surface area contributed by atoms with Gasteiger partial charge in [-0.3, -0.25) is 14.7 Å². The molecule has 0 aliphatic rings. The molecule has 3 aromatic carbocycles. The summed E-state index contributed by atoms with van der Waals surface area (Å²) in [6.45, 7) is 0. The van der Waals surface area contributed by atoms with E-state index in [1.54, 1.807) is 0 Å². The van der Waals surface area contributed by atoms with E-state index < -0.39 is 15.0 Å². The van der Waals surface area contributed by atoms with E-state index in [9.17, 15) is 23.6 Å². The largest absolute Gasteiger partial charge is 0.506 e. The molecule has 3 aromatic rings. The second-order valence-corrected chi connectivity index (χ2v) is 7.69. The van der Waals surface area contributed by atoms with Crippen molar-refractivity contribution in [2.75, 3.05) is 11.5 Å². The number of phenols is 1. The highest BCUT2D eigenvalue weighted by atomic mass is 32.2. The second kappa shape index (κ2) is 8.75. The zero-order chi connectivity index (χ0) is 23.5. The van der Waals surface area contributed by atoms with E-state index in [-0.39, 0.29) is 50.5 Å². The zero-order valence-corrected chi connectivity index (χ0v) is 16.8. The Balaban J connectivity index is 1.89. The van der Waals surface area contributed by atoms with Gasteiger partial charge in [-0.2, -0.15) is 13.5 Å². The van der Waals surface area contributed by atoms with Crippen LogP contribution >= 0.6 is 0 Å². The van der Waals surface area contributed by atoms with E-state index in [1.165, 1.54) is 24.3 Å². The molecular weight excluding hydrogens is 442 g/mol. The highest BCUT2D eigenvalue weighted by molar-refractivity contribution is 7.85. The van der Waals surface area contributed by atoms with Gasteiger partial charge in [0.15, 0.2) is 0 Å². The van der Waals surface area contributed by atoms with Crippen molar-refractivity contribution in [1.82, 2.24) is 0 Å². The maximum atomic E-state index is 11.1. The van der Waals surface area contributed by atoms with Gasteiger partial charge in [-0.25, -0.2) is 0 Å². The van der Waals surface area contributed by atoms with Gasteiger partial charge < -0.3 is 16.6 Å². The number of aromatic hydroxyl groups is 1. The molecule has 0 saturated heterocycles. The molecule has 3 rings (SSSR count). The number of nitrogens with zero attached hydrogens (tertiary/aromatic N) is 5. The summed E-state index contributed by atoms with van der Waals surface area (Å²) in [4.78, 5) is 9.95. The molecule has 0 heterocycles. The zero-order valence-electron chi connectivity index (χ0n) is 16.0. The van der Waals surface area contributed by atoms with Crippen molar-refractivity contribution >= 4 is 49.9 Å². The van der Waals surface area contributed by atoms with Crippen molar-refractivity contribution in [2.24, 2.45) is 20.5 Å². The number of phenolic OH excluding ortho intramolecular Hbond substituents is 1. The Hall–Kier alpha value is -4.43. The van der Waals surface area contributed by atoms with Crippen molar-refractivity contribution in [3.05, 3.63) is 64.7 Å². The molecule has 0 unspecified atom stereocenters. The first-order valence-corrected chi connectivity index (χ1v) is 10.1. The molecule has 0 bridgehead atoms. The van der Waals surface area contributed by atoms with Gasteiger partial charge in [0.2, 0.25) is 0 Å². The van der Waals surface area contributed by atoms with E-state index in [1.807, 2.05) is 0 Å². The molecule has 0 amide bonds. The smallest absolute Gasteiger partial charge is 0.294 e. The topological polar surface area (TPSA) is 219 Å². The predicted molar refractivity (Wildman–Crippen MR) is 115 cm³/mol. The molecule has 0 spiro atoms. The molecule has 14 heteroatoms. The van der Waals surface area contributed by atoms with E-state index >= 15 is 0 Å². The van der Waals surface area contributed by atoms with Gasteiger partial charge in [0.1, 0.15) is 22.8 Å². The number of benzene rings is 3. The minimum Gasteiger partial charge on any atom is -0.506 e. The van der Waals surface area contributed by atoms with Gasteiger partial charge in [-0.1, -0.05) is 0 Å². The van der Waals surface area contributed by atoms with E-state index in [0.717, 1.165) is 30.3 Å². The average Bonchev–Trinajstić information content (AvgIpc) is 2.73. The van der Waals surface area contributed by atoms with Crippen LogP contribution in [0.4, 0.5) is 39.8 Å². The van der Waals surface area contributed by atoms with Crippen LogP contribution < -0.4 is 11.5 Å². The van der Waals surface area contributed by atoms with Crippen LogP contribution in [-0.2, 0) is 10.1 Å². The second-order valence-electron chi connectivity index (χ2n) is 6.27. The number of nitrogens with two attached hydrogens (primary N) is 2. The summed E-state index contributed by atoms with van der Waals surface area (Å²) in [6, 6.07) is 11.0. The lowest BCUT2D eigenvalue weighted by Crippen LogP contribution is -1.96. The maximum Gasteiger partial charge on any atom is 0.294 e. The fourth-order valence-electron chi connectivity index (χ4n) is 2.39. The Labute approximate surface area is 180 Å². The minimum atomic E-state index is -4.33. The third-order valence-corrected chi connectivity index (χ3v) is 4.89. The fraction of sp³-hybridized carbons (Fsp3) is 0. The van der Waals surface area contributed by atoms with Gasteiger partial charge in [0, 0.05) is 12.1 Å². The number of azo groups is 2. The van der Waals surface area contributed by atoms with Gasteiger partial charge in [-0.15, -0.1) is 15.3 Å². The van der Waals surface area contributed by atoms with Crippen LogP contribution in [0.3, 0.4) is 0 Å². The summed E-state index contributed by atoms with van der Waals surface area (Å²) in [5.41, 5.74) is 12.2. The Morgan fingerprint density at radius 2 is 1.38 bits per heavy atom. The first-order chi connectivity index (χ1) is 15.0. The fourth-order valence-corrected chi connectivity index (χ4v) is 2.87. The Bertz CT molecular complexity index is 1350.